The molecule has 27 heavy (non-hydrogen) atoms. The van der Waals surface area contributed by atoms with Gasteiger partial charge in [0.2, 0.25) is 5.91 Å². The maximum atomic E-state index is 12.5. The lowest BCUT2D eigenvalue weighted by atomic mass is 9.88. The van der Waals surface area contributed by atoms with Crippen molar-refractivity contribution in [2.24, 2.45) is 0 Å². The summed E-state index contributed by atoms with van der Waals surface area (Å²) in [5.41, 5.74) is 3.31. The number of hydrogen-bond acceptors (Lipinski definition) is 4. The van der Waals surface area contributed by atoms with Crippen molar-refractivity contribution in [2.75, 3.05) is 13.7 Å². The van der Waals surface area contributed by atoms with E-state index in [1.54, 1.807) is 18.4 Å². The Labute approximate surface area is 164 Å². The Kier molecular flexibility index (Phi) is 7.13. The van der Waals surface area contributed by atoms with Gasteiger partial charge in [0.15, 0.2) is 0 Å². The van der Waals surface area contributed by atoms with Gasteiger partial charge in [-0.2, -0.15) is 0 Å². The van der Waals surface area contributed by atoms with E-state index < -0.39 is 0 Å². The monoisotopic (exact) mass is 380 g/mol. The van der Waals surface area contributed by atoms with Crippen LogP contribution in [0.2, 0.25) is 0 Å². The second-order valence-corrected chi connectivity index (χ2v) is 7.29. The molecule has 0 bridgehead atoms. The minimum absolute atomic E-state index is 0.0555. The first-order valence-corrected chi connectivity index (χ1v) is 9.93. The molecule has 1 amide bonds. The second kappa shape index (κ2) is 10.00. The minimum Gasteiger partial charge on any atom is -0.378 e. The summed E-state index contributed by atoms with van der Waals surface area (Å²) in [7, 11) is 1.66. The number of nitrogens with one attached hydrogen (secondary N) is 1. The van der Waals surface area contributed by atoms with Crippen molar-refractivity contribution in [1.29, 1.82) is 0 Å². The fraction of sp³-hybridized carbons (Fsp3) is 0.273. The van der Waals surface area contributed by atoms with E-state index in [1.165, 1.54) is 0 Å². The zero-order valence-electron chi connectivity index (χ0n) is 15.4. The highest BCUT2D eigenvalue weighted by atomic mass is 32.1. The first kappa shape index (κ1) is 19.3. The Hall–Kier alpha value is -2.50. The van der Waals surface area contributed by atoms with Crippen LogP contribution in [0.25, 0.3) is 0 Å². The normalized spacial score (nSPS) is 10.9. The number of nitrogens with zero attached hydrogens (tertiary/aromatic N) is 1. The zero-order valence-corrected chi connectivity index (χ0v) is 16.2. The molecular weight excluding hydrogens is 356 g/mol. The molecule has 0 aliphatic carbocycles. The van der Waals surface area contributed by atoms with E-state index in [1.807, 2.05) is 41.8 Å². The lowest BCUT2D eigenvalue weighted by Crippen LogP contribution is -2.27. The Morgan fingerprint density at radius 2 is 1.70 bits per heavy atom. The number of carbonyl (C=O) groups is 1. The summed E-state index contributed by atoms with van der Waals surface area (Å²) in [6.45, 7) is 1.12. The van der Waals surface area contributed by atoms with Gasteiger partial charge in [0.05, 0.1) is 12.3 Å². The summed E-state index contributed by atoms with van der Waals surface area (Å²) in [5, 5.41) is 6.03. The van der Waals surface area contributed by atoms with Gasteiger partial charge < -0.3 is 10.1 Å². The Morgan fingerprint density at radius 3 is 2.30 bits per heavy atom. The lowest BCUT2D eigenvalue weighted by molar-refractivity contribution is -0.121. The van der Waals surface area contributed by atoms with Gasteiger partial charge in [-0.3, -0.25) is 4.79 Å². The van der Waals surface area contributed by atoms with Crippen molar-refractivity contribution in [2.45, 2.75) is 25.4 Å². The molecule has 3 rings (SSSR count). The summed E-state index contributed by atoms with van der Waals surface area (Å²) < 4.78 is 5.09. The van der Waals surface area contributed by atoms with Crippen LogP contribution in [0.5, 0.6) is 0 Å². The third-order valence-electron chi connectivity index (χ3n) is 4.36. The maximum absolute atomic E-state index is 12.5. The number of carbonyl (C=O) groups excluding carboxylic acids is 1. The summed E-state index contributed by atoms with van der Waals surface area (Å²) in [4.78, 5) is 17.0. The van der Waals surface area contributed by atoms with Gasteiger partial charge in [-0.15, -0.1) is 11.3 Å². The summed E-state index contributed by atoms with van der Waals surface area (Å²) >= 11 is 1.59. The quantitative estimate of drug-likeness (QED) is 0.606. The van der Waals surface area contributed by atoms with Crippen molar-refractivity contribution in [3.63, 3.8) is 0 Å². The maximum Gasteiger partial charge on any atom is 0.220 e. The predicted octanol–water partition coefficient (Wildman–Crippen LogP) is 4.17. The Balaban J connectivity index is 1.58. The molecule has 0 fully saturated rings. The number of hydrogen-bond donors (Lipinski definition) is 1. The van der Waals surface area contributed by atoms with Crippen LogP contribution in [0, 0.1) is 0 Å². The van der Waals surface area contributed by atoms with Crippen molar-refractivity contribution in [3.8, 4) is 0 Å². The average molecular weight is 381 g/mol. The lowest BCUT2D eigenvalue weighted by Gasteiger charge is -2.17. The number of thiazole rings is 1. The highest BCUT2D eigenvalue weighted by Gasteiger charge is 2.17. The molecule has 0 radical (unpaired) electrons. The van der Waals surface area contributed by atoms with Crippen LogP contribution >= 0.6 is 11.3 Å². The predicted molar refractivity (Wildman–Crippen MR) is 109 cm³/mol. The number of aromatic nitrogens is 1. The Bertz CT molecular complexity index is 794. The fourth-order valence-corrected chi connectivity index (χ4v) is 3.84. The molecular formula is C22H24N2O2S. The molecule has 0 spiro atoms. The van der Waals surface area contributed by atoms with E-state index in [-0.39, 0.29) is 11.8 Å². The smallest absolute Gasteiger partial charge is 0.220 e. The van der Waals surface area contributed by atoms with Crippen LogP contribution < -0.4 is 5.32 Å². The fourth-order valence-electron chi connectivity index (χ4n) is 3.04. The van der Waals surface area contributed by atoms with E-state index in [0.717, 1.165) is 28.2 Å². The van der Waals surface area contributed by atoms with Crippen molar-refractivity contribution < 1.29 is 9.53 Å². The minimum atomic E-state index is 0.0555. The number of ether oxygens (including phenoxy) is 1. The van der Waals surface area contributed by atoms with Crippen molar-refractivity contribution in [1.82, 2.24) is 10.3 Å². The summed E-state index contributed by atoms with van der Waals surface area (Å²) in [5.74, 6) is 0.111. The van der Waals surface area contributed by atoms with Gasteiger partial charge in [0.1, 0.15) is 5.01 Å². The van der Waals surface area contributed by atoms with Crippen LogP contribution in [0.1, 0.15) is 34.2 Å². The van der Waals surface area contributed by atoms with Crippen LogP contribution in [-0.2, 0) is 22.6 Å². The zero-order chi connectivity index (χ0) is 18.9. The molecule has 5 heteroatoms. The Morgan fingerprint density at radius 1 is 1.07 bits per heavy atom. The topological polar surface area (TPSA) is 51.2 Å². The standard InChI is InChI=1S/C22H24N2O2S/c1-26-15-22-24-19(16-27-22)12-13-23-21(25)14-20(17-8-4-2-5-9-17)18-10-6-3-7-11-18/h2-11,16,20H,12-15H2,1H3,(H,23,25). The molecule has 0 unspecified atom stereocenters. The van der Waals surface area contributed by atoms with Crippen molar-refractivity contribution >= 4 is 17.2 Å². The number of amides is 1. The molecule has 0 aliphatic heterocycles. The molecule has 0 saturated heterocycles. The molecule has 1 heterocycles. The molecule has 0 atom stereocenters. The average Bonchev–Trinajstić information content (AvgIpc) is 3.15. The number of rotatable bonds is 9. The molecule has 1 aromatic heterocycles. The first-order chi connectivity index (χ1) is 13.3. The van der Waals surface area contributed by atoms with E-state index in [2.05, 4.69) is 34.6 Å². The molecule has 2 aromatic carbocycles. The van der Waals surface area contributed by atoms with Gasteiger partial charge in [-0.1, -0.05) is 60.7 Å². The molecule has 4 nitrogen and oxygen atoms in total. The second-order valence-electron chi connectivity index (χ2n) is 6.34. The van der Waals surface area contributed by atoms with Crippen LogP contribution in [0.3, 0.4) is 0 Å². The van der Waals surface area contributed by atoms with Gasteiger partial charge in [0.25, 0.3) is 0 Å². The molecule has 140 valence electrons. The highest BCUT2D eigenvalue weighted by Crippen LogP contribution is 2.27. The van der Waals surface area contributed by atoms with E-state index in [9.17, 15) is 4.79 Å². The molecule has 1 N–H and O–H groups in total. The van der Waals surface area contributed by atoms with E-state index >= 15 is 0 Å². The number of methoxy groups -OCH3 is 1. The SMILES string of the molecule is COCc1nc(CCNC(=O)CC(c2ccccc2)c2ccccc2)cs1. The molecule has 0 aliphatic rings. The van der Waals surface area contributed by atoms with Gasteiger partial charge in [0, 0.05) is 37.8 Å². The van der Waals surface area contributed by atoms with Gasteiger partial charge >= 0.3 is 0 Å². The molecule has 0 saturated carbocycles. The third kappa shape index (κ3) is 5.74. The largest absolute Gasteiger partial charge is 0.378 e. The van der Waals surface area contributed by atoms with Gasteiger partial charge in [-0.25, -0.2) is 4.98 Å². The summed E-state index contributed by atoms with van der Waals surface area (Å²) in [6.07, 6.45) is 1.16. The van der Waals surface area contributed by atoms with E-state index in [4.69, 9.17) is 4.74 Å². The van der Waals surface area contributed by atoms with Crippen molar-refractivity contribution in [3.05, 3.63) is 87.9 Å². The summed E-state index contributed by atoms with van der Waals surface area (Å²) in [6, 6.07) is 20.4. The molecule has 3 aromatic rings. The van der Waals surface area contributed by atoms with Crippen LogP contribution in [0.15, 0.2) is 66.0 Å². The third-order valence-corrected chi connectivity index (χ3v) is 5.23. The van der Waals surface area contributed by atoms with Crippen LogP contribution in [0.4, 0.5) is 0 Å². The van der Waals surface area contributed by atoms with E-state index in [0.29, 0.717) is 19.6 Å². The first-order valence-electron chi connectivity index (χ1n) is 9.05. The highest BCUT2D eigenvalue weighted by molar-refractivity contribution is 7.09. The van der Waals surface area contributed by atoms with Gasteiger partial charge in [-0.05, 0) is 11.1 Å². The number of benzene rings is 2. The van der Waals surface area contributed by atoms with Crippen LogP contribution in [-0.4, -0.2) is 24.5 Å².